The van der Waals surface area contributed by atoms with Crippen molar-refractivity contribution < 1.29 is 23.4 Å². The first-order valence-corrected chi connectivity index (χ1v) is 9.82. The summed E-state index contributed by atoms with van der Waals surface area (Å²) >= 11 is 0. The summed E-state index contributed by atoms with van der Waals surface area (Å²) < 4.78 is 29.2. The molecule has 0 aliphatic carbocycles. The van der Waals surface area contributed by atoms with Crippen LogP contribution in [0.5, 0.6) is 0 Å². The van der Waals surface area contributed by atoms with Crippen LogP contribution in [0.15, 0.2) is 30.3 Å². The van der Waals surface area contributed by atoms with E-state index < -0.39 is 19.3 Å². The highest BCUT2D eigenvalue weighted by atomic mass is 31.2. The van der Waals surface area contributed by atoms with E-state index in [1.165, 1.54) is 7.11 Å². The molecule has 0 aliphatic heterocycles. The van der Waals surface area contributed by atoms with Crippen LogP contribution < -0.4 is 5.09 Å². The van der Waals surface area contributed by atoms with Crippen molar-refractivity contribution in [3.63, 3.8) is 0 Å². The number of rotatable bonds is 11. The predicted octanol–water partition coefficient (Wildman–Crippen LogP) is 3.57. The van der Waals surface area contributed by atoms with E-state index in [9.17, 15) is 9.36 Å². The normalized spacial score (nSPS) is 15.0. The van der Waals surface area contributed by atoms with Gasteiger partial charge >= 0.3 is 5.97 Å². The fourth-order valence-electron chi connectivity index (χ4n) is 2.14. The molecule has 0 saturated carbocycles. The number of hydrogen-bond acceptors (Lipinski definition) is 5. The summed E-state index contributed by atoms with van der Waals surface area (Å²) in [4.78, 5) is 11.4. The van der Waals surface area contributed by atoms with Gasteiger partial charge in [0.25, 0.3) is 7.52 Å². The average molecular weight is 357 g/mol. The van der Waals surface area contributed by atoms with Crippen molar-refractivity contribution in [1.29, 1.82) is 0 Å². The summed E-state index contributed by atoms with van der Waals surface area (Å²) in [5.74, 6) is -0.872. The van der Waals surface area contributed by atoms with Crippen LogP contribution in [0.1, 0.15) is 32.8 Å². The van der Waals surface area contributed by atoms with Gasteiger partial charge in [0, 0.05) is 0 Å². The predicted molar refractivity (Wildman–Crippen MR) is 93.7 cm³/mol. The number of nitrogens with one attached hydrogen (secondary N) is 1. The van der Waals surface area contributed by atoms with Crippen LogP contribution in [0, 0.1) is 5.92 Å². The monoisotopic (exact) mass is 357 g/mol. The minimum atomic E-state index is -3.36. The molecule has 1 aromatic carbocycles. The van der Waals surface area contributed by atoms with Crippen molar-refractivity contribution in [1.82, 2.24) is 5.09 Å². The number of hydrogen-bond donors (Lipinski definition) is 1. The van der Waals surface area contributed by atoms with E-state index >= 15 is 0 Å². The van der Waals surface area contributed by atoms with Crippen molar-refractivity contribution in [2.24, 2.45) is 5.92 Å². The lowest BCUT2D eigenvalue weighted by Crippen LogP contribution is -2.30. The van der Waals surface area contributed by atoms with E-state index in [2.05, 4.69) is 9.82 Å². The third-order valence-corrected chi connectivity index (χ3v) is 5.69. The molecule has 0 bridgehead atoms. The van der Waals surface area contributed by atoms with Gasteiger partial charge in [-0.25, -0.2) is 5.09 Å². The molecule has 0 amide bonds. The van der Waals surface area contributed by atoms with Gasteiger partial charge < -0.3 is 14.0 Å². The van der Waals surface area contributed by atoms with E-state index in [0.29, 0.717) is 13.0 Å². The molecule has 6 nitrogen and oxygen atoms in total. The number of carbonyl (C=O) groups is 1. The maximum absolute atomic E-state index is 13.2. The Kier molecular flexibility index (Phi) is 9.22. The quantitative estimate of drug-likeness (QED) is 0.482. The molecule has 136 valence electrons. The molecule has 0 unspecified atom stereocenters. The summed E-state index contributed by atoms with van der Waals surface area (Å²) in [5, 5.41) is 2.72. The Morgan fingerprint density at radius 1 is 1.25 bits per heavy atom. The second-order valence-electron chi connectivity index (χ2n) is 5.81. The number of carbonyl (C=O) groups excluding carboxylic acids is 1. The Bertz CT molecular complexity index is 535. The first-order valence-electron chi connectivity index (χ1n) is 8.13. The zero-order chi connectivity index (χ0) is 18.0. The molecule has 0 fully saturated rings. The SMILES string of the molecule is CCO[P@@](=O)(NCC(=O)OC)[C@@H](CC(C)C)OCc1ccccc1. The van der Waals surface area contributed by atoms with Crippen LogP contribution in [0.3, 0.4) is 0 Å². The highest BCUT2D eigenvalue weighted by Crippen LogP contribution is 2.50. The summed E-state index contributed by atoms with van der Waals surface area (Å²) in [7, 11) is -2.08. The number of esters is 1. The fraction of sp³-hybridized carbons (Fsp3) is 0.588. The lowest BCUT2D eigenvalue weighted by molar-refractivity contribution is -0.139. The molecule has 0 saturated heterocycles. The van der Waals surface area contributed by atoms with Gasteiger partial charge in [0.15, 0.2) is 0 Å². The van der Waals surface area contributed by atoms with Crippen LogP contribution in [-0.4, -0.2) is 32.1 Å². The summed E-state index contributed by atoms with van der Waals surface area (Å²) in [5.41, 5.74) is 0.988. The molecule has 2 atom stereocenters. The standard InChI is InChI=1S/C17H28NO5P/c1-5-23-24(20,18-12-16(19)21-4)17(11-14(2)3)22-13-15-9-7-6-8-10-15/h6-10,14,17H,5,11-13H2,1-4H3,(H,18,20)/t17-,24+/m0/s1. The minimum absolute atomic E-state index is 0.183. The molecule has 24 heavy (non-hydrogen) atoms. The second kappa shape index (κ2) is 10.6. The lowest BCUT2D eigenvalue weighted by Gasteiger charge is -2.28. The van der Waals surface area contributed by atoms with Crippen LogP contribution in [-0.2, 0) is 30.0 Å². The van der Waals surface area contributed by atoms with Gasteiger partial charge in [0.05, 0.1) is 20.3 Å². The molecule has 0 aromatic heterocycles. The molecule has 7 heteroatoms. The van der Waals surface area contributed by atoms with E-state index in [1.54, 1.807) is 6.92 Å². The zero-order valence-corrected chi connectivity index (χ0v) is 15.8. The largest absolute Gasteiger partial charge is 0.468 e. The van der Waals surface area contributed by atoms with E-state index in [1.807, 2.05) is 44.2 Å². The number of benzene rings is 1. The van der Waals surface area contributed by atoms with Crippen molar-refractivity contribution in [2.45, 2.75) is 39.6 Å². The first kappa shape index (κ1) is 20.8. The Hall–Kier alpha value is -1.20. The van der Waals surface area contributed by atoms with Gasteiger partial charge in [0.1, 0.15) is 12.4 Å². The molecule has 0 aliphatic rings. The summed E-state index contributed by atoms with van der Waals surface area (Å²) in [6, 6.07) is 9.67. The third kappa shape index (κ3) is 7.14. The Labute approximate surface area is 144 Å². The van der Waals surface area contributed by atoms with Crippen LogP contribution in [0.4, 0.5) is 0 Å². The van der Waals surface area contributed by atoms with Crippen molar-refractivity contribution in [3.8, 4) is 0 Å². The molecule has 0 spiro atoms. The Morgan fingerprint density at radius 3 is 2.46 bits per heavy atom. The van der Waals surface area contributed by atoms with Gasteiger partial charge in [0.2, 0.25) is 0 Å². The van der Waals surface area contributed by atoms with Crippen LogP contribution >= 0.6 is 7.52 Å². The van der Waals surface area contributed by atoms with Gasteiger partial charge in [-0.2, -0.15) is 0 Å². The van der Waals surface area contributed by atoms with Crippen LogP contribution in [0.25, 0.3) is 0 Å². The number of methoxy groups -OCH3 is 1. The van der Waals surface area contributed by atoms with Crippen molar-refractivity contribution in [2.75, 3.05) is 20.3 Å². The molecule has 1 rings (SSSR count). The highest BCUT2D eigenvalue weighted by molar-refractivity contribution is 7.57. The first-order chi connectivity index (χ1) is 11.4. The zero-order valence-electron chi connectivity index (χ0n) is 14.9. The maximum atomic E-state index is 13.2. The van der Waals surface area contributed by atoms with E-state index in [-0.39, 0.29) is 19.1 Å². The highest BCUT2D eigenvalue weighted by Gasteiger charge is 2.36. The maximum Gasteiger partial charge on any atom is 0.320 e. The second-order valence-corrected chi connectivity index (χ2v) is 8.15. The molecule has 1 N–H and O–H groups in total. The molecule has 0 heterocycles. The topological polar surface area (TPSA) is 73.9 Å². The minimum Gasteiger partial charge on any atom is -0.468 e. The fourth-order valence-corrected chi connectivity index (χ4v) is 4.31. The smallest absolute Gasteiger partial charge is 0.320 e. The molecular formula is C17H28NO5P. The van der Waals surface area contributed by atoms with Crippen LogP contribution in [0.2, 0.25) is 0 Å². The van der Waals surface area contributed by atoms with E-state index in [0.717, 1.165) is 5.56 Å². The van der Waals surface area contributed by atoms with Crippen molar-refractivity contribution in [3.05, 3.63) is 35.9 Å². The average Bonchev–Trinajstić information content (AvgIpc) is 2.57. The molecular weight excluding hydrogens is 329 g/mol. The van der Waals surface area contributed by atoms with E-state index in [4.69, 9.17) is 9.26 Å². The van der Waals surface area contributed by atoms with Gasteiger partial charge in [-0.05, 0) is 24.8 Å². The molecule has 1 aromatic rings. The third-order valence-electron chi connectivity index (χ3n) is 3.33. The summed E-state index contributed by atoms with van der Waals surface area (Å²) in [6.45, 7) is 6.21. The van der Waals surface area contributed by atoms with Crippen molar-refractivity contribution >= 4 is 13.5 Å². The lowest BCUT2D eigenvalue weighted by atomic mass is 10.1. The summed E-state index contributed by atoms with van der Waals surface area (Å²) in [6.07, 6.45) is 0.554. The Morgan fingerprint density at radius 2 is 1.92 bits per heavy atom. The van der Waals surface area contributed by atoms with Gasteiger partial charge in [-0.1, -0.05) is 44.2 Å². The number of ether oxygens (including phenoxy) is 2. The molecule has 0 radical (unpaired) electrons. The van der Waals surface area contributed by atoms with Gasteiger partial charge in [-0.15, -0.1) is 0 Å². The van der Waals surface area contributed by atoms with Gasteiger partial charge in [-0.3, -0.25) is 9.36 Å². The Balaban J connectivity index is 2.86.